The van der Waals surface area contributed by atoms with Gasteiger partial charge in [-0.2, -0.15) is 0 Å². The number of hydrazine groups is 1. The molecule has 31 heavy (non-hydrogen) atoms. The van der Waals surface area contributed by atoms with Crippen LogP contribution in [-0.4, -0.2) is 55.0 Å². The number of nitrogens with zero attached hydrogens (tertiary/aromatic N) is 2. The summed E-state index contributed by atoms with van der Waals surface area (Å²) in [6.45, 7) is 6.22. The predicted octanol–water partition coefficient (Wildman–Crippen LogP) is 3.40. The van der Waals surface area contributed by atoms with Crippen LogP contribution in [-0.2, 0) is 6.42 Å². The fraction of sp³-hybridized carbons (Fsp3) is 0.500. The number of carbonyl (C=O) groups is 1. The minimum absolute atomic E-state index is 0.197. The second-order valence-corrected chi connectivity index (χ2v) is 9.63. The highest BCUT2D eigenvalue weighted by Crippen LogP contribution is 2.39. The van der Waals surface area contributed by atoms with E-state index >= 15 is 0 Å². The van der Waals surface area contributed by atoms with Crippen molar-refractivity contribution in [2.24, 2.45) is 5.41 Å². The van der Waals surface area contributed by atoms with Crippen molar-refractivity contribution in [3.63, 3.8) is 0 Å². The Balaban J connectivity index is 1.18. The summed E-state index contributed by atoms with van der Waals surface area (Å²) in [5, 5.41) is 0. The van der Waals surface area contributed by atoms with E-state index in [4.69, 9.17) is 0 Å². The van der Waals surface area contributed by atoms with E-state index in [9.17, 15) is 4.79 Å². The lowest BCUT2D eigenvalue weighted by Gasteiger charge is -2.40. The van der Waals surface area contributed by atoms with Gasteiger partial charge in [-0.15, -0.1) is 0 Å². The molecule has 1 spiro atoms. The Morgan fingerprint density at radius 2 is 1.84 bits per heavy atom. The molecular weight excluding hydrogens is 384 g/mol. The number of carbonyl (C=O) groups excluding carboxylic acids is 1. The third-order valence-electron chi connectivity index (χ3n) is 7.42. The van der Waals surface area contributed by atoms with Gasteiger partial charge in [0.25, 0.3) is 5.91 Å². The maximum Gasteiger partial charge on any atom is 0.253 e. The molecule has 2 aromatic rings. The van der Waals surface area contributed by atoms with E-state index in [1.54, 1.807) is 0 Å². The Hall–Kier alpha value is -2.21. The van der Waals surface area contributed by atoms with Gasteiger partial charge >= 0.3 is 0 Å². The van der Waals surface area contributed by atoms with Gasteiger partial charge in [-0.1, -0.05) is 42.5 Å². The highest BCUT2D eigenvalue weighted by atomic mass is 16.2. The highest BCUT2D eigenvalue weighted by Gasteiger charge is 2.42. The summed E-state index contributed by atoms with van der Waals surface area (Å²) in [5.74, 6) is 0.197. The Morgan fingerprint density at radius 3 is 2.61 bits per heavy atom. The maximum atomic E-state index is 13.2. The van der Waals surface area contributed by atoms with Gasteiger partial charge in [-0.25, -0.2) is 0 Å². The van der Waals surface area contributed by atoms with E-state index in [1.165, 1.54) is 30.5 Å². The largest absolute Gasteiger partial charge is 0.338 e. The van der Waals surface area contributed by atoms with Crippen molar-refractivity contribution in [3.05, 3.63) is 71.3 Å². The maximum absolute atomic E-state index is 13.2. The van der Waals surface area contributed by atoms with E-state index in [1.807, 2.05) is 12.1 Å². The van der Waals surface area contributed by atoms with Crippen LogP contribution in [0.3, 0.4) is 0 Å². The normalized spacial score (nSPS) is 26.6. The monoisotopic (exact) mass is 418 g/mol. The summed E-state index contributed by atoms with van der Waals surface area (Å²) in [7, 11) is 0. The van der Waals surface area contributed by atoms with Crippen LogP contribution in [0.1, 0.15) is 53.2 Å². The molecule has 3 fully saturated rings. The van der Waals surface area contributed by atoms with Gasteiger partial charge in [0.05, 0.1) is 0 Å². The molecule has 3 heterocycles. The topological polar surface area (TPSA) is 47.6 Å². The standard InChI is InChI=1S/C26H34N4O/c31-25(23-9-7-22(8-10-23)24-11-15-27-28-24)30-18-14-26(20-30)13-4-16-29(19-26)17-12-21-5-2-1-3-6-21/h1-3,5-10,24,27-28H,4,11-20H2. The van der Waals surface area contributed by atoms with Crippen LogP contribution < -0.4 is 10.9 Å². The van der Waals surface area contributed by atoms with Gasteiger partial charge in [0, 0.05) is 49.7 Å². The van der Waals surface area contributed by atoms with Gasteiger partial charge in [-0.05, 0) is 61.9 Å². The van der Waals surface area contributed by atoms with Crippen molar-refractivity contribution in [1.82, 2.24) is 20.7 Å². The second kappa shape index (κ2) is 9.11. The Bertz CT molecular complexity index is 878. The molecule has 0 radical (unpaired) electrons. The molecule has 2 aromatic carbocycles. The Kier molecular flexibility index (Phi) is 6.08. The Morgan fingerprint density at radius 1 is 1.00 bits per heavy atom. The molecule has 0 saturated carbocycles. The number of hydrogen-bond acceptors (Lipinski definition) is 4. The summed E-state index contributed by atoms with van der Waals surface area (Å²) < 4.78 is 0. The van der Waals surface area contributed by atoms with Crippen molar-refractivity contribution >= 4 is 5.91 Å². The molecule has 3 saturated heterocycles. The fourth-order valence-corrected chi connectivity index (χ4v) is 5.65. The van der Waals surface area contributed by atoms with Gasteiger partial charge in [-0.3, -0.25) is 15.6 Å². The van der Waals surface area contributed by atoms with Gasteiger partial charge in [0.2, 0.25) is 0 Å². The smallest absolute Gasteiger partial charge is 0.253 e. The first kappa shape index (κ1) is 20.7. The molecule has 1 amide bonds. The molecule has 0 bridgehead atoms. The molecule has 3 aliphatic rings. The van der Waals surface area contributed by atoms with Gasteiger partial charge < -0.3 is 9.80 Å². The zero-order valence-electron chi connectivity index (χ0n) is 18.4. The summed E-state index contributed by atoms with van der Waals surface area (Å²) in [5.41, 5.74) is 10.2. The molecule has 2 atom stereocenters. The van der Waals surface area contributed by atoms with E-state index in [0.29, 0.717) is 6.04 Å². The summed E-state index contributed by atoms with van der Waals surface area (Å²) >= 11 is 0. The third kappa shape index (κ3) is 4.69. The lowest BCUT2D eigenvalue weighted by atomic mass is 9.79. The second-order valence-electron chi connectivity index (χ2n) is 9.63. The quantitative estimate of drug-likeness (QED) is 0.781. The molecule has 0 aromatic heterocycles. The number of nitrogens with one attached hydrogen (secondary N) is 2. The lowest BCUT2D eigenvalue weighted by Crippen LogP contribution is -2.46. The molecule has 164 valence electrons. The molecule has 5 heteroatoms. The van der Waals surface area contributed by atoms with Crippen molar-refractivity contribution < 1.29 is 4.79 Å². The fourth-order valence-electron chi connectivity index (χ4n) is 5.65. The molecule has 5 nitrogen and oxygen atoms in total. The first-order valence-electron chi connectivity index (χ1n) is 11.8. The third-order valence-corrected chi connectivity index (χ3v) is 7.42. The number of amides is 1. The molecular formula is C26H34N4O. The van der Waals surface area contributed by atoms with E-state index in [2.05, 4.69) is 63.1 Å². The summed E-state index contributed by atoms with van der Waals surface area (Å²) in [6.07, 6.45) is 5.82. The molecule has 5 rings (SSSR count). The van der Waals surface area contributed by atoms with E-state index < -0.39 is 0 Å². The summed E-state index contributed by atoms with van der Waals surface area (Å²) in [4.78, 5) is 17.9. The minimum Gasteiger partial charge on any atom is -0.338 e. The summed E-state index contributed by atoms with van der Waals surface area (Å²) in [6, 6.07) is 19.4. The molecule has 0 aliphatic carbocycles. The molecule has 3 aliphatic heterocycles. The first-order chi connectivity index (χ1) is 15.2. The predicted molar refractivity (Wildman–Crippen MR) is 124 cm³/mol. The van der Waals surface area contributed by atoms with Crippen molar-refractivity contribution in [2.45, 2.75) is 38.1 Å². The van der Waals surface area contributed by atoms with Crippen LogP contribution >= 0.6 is 0 Å². The highest BCUT2D eigenvalue weighted by molar-refractivity contribution is 5.94. The van der Waals surface area contributed by atoms with Crippen LogP contribution in [0.15, 0.2) is 54.6 Å². The van der Waals surface area contributed by atoms with Crippen molar-refractivity contribution in [3.8, 4) is 0 Å². The van der Waals surface area contributed by atoms with Crippen LogP contribution in [0.4, 0.5) is 0 Å². The Labute approximate surface area is 185 Å². The van der Waals surface area contributed by atoms with Gasteiger partial charge in [0.1, 0.15) is 0 Å². The van der Waals surface area contributed by atoms with Crippen LogP contribution in [0.2, 0.25) is 0 Å². The van der Waals surface area contributed by atoms with Crippen LogP contribution in [0, 0.1) is 5.41 Å². The molecule has 2 unspecified atom stereocenters. The zero-order chi connectivity index (χ0) is 21.1. The number of hydrogen-bond donors (Lipinski definition) is 2. The number of piperidine rings is 1. The van der Waals surface area contributed by atoms with E-state index in [0.717, 1.165) is 57.5 Å². The van der Waals surface area contributed by atoms with Crippen LogP contribution in [0.25, 0.3) is 0 Å². The SMILES string of the molecule is O=C(c1ccc(C2CCNN2)cc1)N1CCC2(CCCN(CCc3ccccc3)C2)C1. The van der Waals surface area contributed by atoms with E-state index in [-0.39, 0.29) is 11.3 Å². The zero-order valence-corrected chi connectivity index (χ0v) is 18.4. The molecule has 2 N–H and O–H groups in total. The van der Waals surface area contributed by atoms with Crippen molar-refractivity contribution in [2.75, 3.05) is 39.3 Å². The average Bonchev–Trinajstić information content (AvgIpc) is 3.49. The first-order valence-corrected chi connectivity index (χ1v) is 11.8. The van der Waals surface area contributed by atoms with Gasteiger partial charge in [0.15, 0.2) is 0 Å². The lowest BCUT2D eigenvalue weighted by molar-refractivity contribution is 0.0692. The van der Waals surface area contributed by atoms with Crippen LogP contribution in [0.5, 0.6) is 0 Å². The minimum atomic E-state index is 0.197. The number of likely N-dealkylation sites (tertiary alicyclic amines) is 2. The average molecular weight is 419 g/mol. The van der Waals surface area contributed by atoms with Crippen molar-refractivity contribution in [1.29, 1.82) is 0 Å². The number of rotatable bonds is 5. The number of benzene rings is 2.